The fraction of sp³-hybridized carbons (Fsp3) is 0.250. The predicted octanol–water partition coefficient (Wildman–Crippen LogP) is 4.61. The van der Waals surface area contributed by atoms with Crippen molar-refractivity contribution < 1.29 is 24.1 Å². The lowest BCUT2D eigenvalue weighted by Gasteiger charge is -2.06. The second-order valence-corrected chi connectivity index (χ2v) is 6.20. The fourth-order valence-corrected chi connectivity index (χ4v) is 2.46. The third kappa shape index (κ3) is 7.86. The first-order chi connectivity index (χ1) is 14.2. The van der Waals surface area contributed by atoms with Crippen LogP contribution < -0.4 is 14.2 Å². The van der Waals surface area contributed by atoms with Gasteiger partial charge in [0.1, 0.15) is 17.2 Å². The molecule has 5 heteroatoms. The Morgan fingerprint density at radius 3 is 1.10 bits per heavy atom. The molecule has 0 amide bonds. The first-order valence-corrected chi connectivity index (χ1v) is 9.26. The zero-order valence-electron chi connectivity index (χ0n) is 17.1. The molecule has 0 aliphatic rings. The number of benzene rings is 3. The maximum absolute atomic E-state index is 8.66. The summed E-state index contributed by atoms with van der Waals surface area (Å²) >= 11 is 0. The maximum atomic E-state index is 8.66. The van der Waals surface area contributed by atoms with E-state index in [1.807, 2.05) is 72.8 Å². The topological polar surface area (TPSA) is 57.2 Å². The average Bonchev–Trinajstić information content (AvgIpc) is 2.80. The average molecular weight is 396 g/mol. The molecular formula is C24H28O5. The summed E-state index contributed by atoms with van der Waals surface area (Å²) in [6.45, 7) is 1.27. The summed E-state index contributed by atoms with van der Waals surface area (Å²) in [6.07, 6.45) is 0. The summed E-state index contributed by atoms with van der Waals surface area (Å²) in [7, 11) is 4.94. The third-order valence-electron chi connectivity index (χ3n) is 4.20. The van der Waals surface area contributed by atoms with Crippen molar-refractivity contribution in [1.82, 2.24) is 0 Å². The van der Waals surface area contributed by atoms with Gasteiger partial charge in [-0.15, -0.1) is 0 Å². The zero-order valence-corrected chi connectivity index (χ0v) is 17.1. The second kappa shape index (κ2) is 12.4. The molecule has 0 saturated carbocycles. The van der Waals surface area contributed by atoms with Crippen LogP contribution in [0.1, 0.15) is 16.7 Å². The van der Waals surface area contributed by atoms with Gasteiger partial charge in [0, 0.05) is 0 Å². The van der Waals surface area contributed by atoms with Gasteiger partial charge in [0.2, 0.25) is 0 Å². The minimum Gasteiger partial charge on any atom is -0.497 e. The van der Waals surface area contributed by atoms with Crippen LogP contribution >= 0.6 is 0 Å². The Morgan fingerprint density at radius 1 is 0.517 bits per heavy atom. The lowest BCUT2D eigenvalue weighted by molar-refractivity contribution is 0.107. The standard InChI is InChI=1S/C16H18O3.C8H10O2/c1-17-15-7-3-13(4-8-15)11-19-12-14-5-9-16(18-2)10-6-14;1-10-8-4-2-7(6-9)3-5-8/h3-10H,11-12H2,1-2H3;2-5,9H,6H2,1H3. The van der Waals surface area contributed by atoms with E-state index in [1.165, 1.54) is 0 Å². The van der Waals surface area contributed by atoms with E-state index in [9.17, 15) is 0 Å². The van der Waals surface area contributed by atoms with E-state index >= 15 is 0 Å². The van der Waals surface area contributed by atoms with Gasteiger partial charge in [-0.25, -0.2) is 0 Å². The Hall–Kier alpha value is -3.02. The Bertz CT molecular complexity index is 741. The highest BCUT2D eigenvalue weighted by atomic mass is 16.5. The van der Waals surface area contributed by atoms with Gasteiger partial charge in [0.25, 0.3) is 0 Å². The molecule has 29 heavy (non-hydrogen) atoms. The molecule has 3 rings (SSSR count). The number of ether oxygens (including phenoxy) is 4. The van der Waals surface area contributed by atoms with Gasteiger partial charge < -0.3 is 24.1 Å². The van der Waals surface area contributed by atoms with Crippen molar-refractivity contribution in [3.8, 4) is 17.2 Å². The summed E-state index contributed by atoms with van der Waals surface area (Å²) < 4.78 is 20.8. The number of hydrogen-bond donors (Lipinski definition) is 1. The largest absolute Gasteiger partial charge is 0.497 e. The van der Waals surface area contributed by atoms with E-state index in [0.717, 1.165) is 33.9 Å². The molecule has 0 saturated heterocycles. The van der Waals surface area contributed by atoms with Gasteiger partial charge in [-0.2, -0.15) is 0 Å². The molecule has 0 aliphatic carbocycles. The first-order valence-electron chi connectivity index (χ1n) is 9.26. The lowest BCUT2D eigenvalue weighted by Crippen LogP contribution is -1.94. The molecule has 0 fully saturated rings. The predicted molar refractivity (Wildman–Crippen MR) is 113 cm³/mol. The Morgan fingerprint density at radius 2 is 0.828 bits per heavy atom. The summed E-state index contributed by atoms with van der Waals surface area (Å²) in [5, 5.41) is 8.66. The maximum Gasteiger partial charge on any atom is 0.118 e. The van der Waals surface area contributed by atoms with Gasteiger partial charge in [-0.1, -0.05) is 36.4 Å². The molecule has 0 aliphatic heterocycles. The lowest BCUT2D eigenvalue weighted by atomic mass is 10.2. The van der Waals surface area contributed by atoms with Gasteiger partial charge >= 0.3 is 0 Å². The summed E-state index contributed by atoms with van der Waals surface area (Å²) in [6, 6.07) is 23.1. The third-order valence-corrected chi connectivity index (χ3v) is 4.20. The van der Waals surface area contributed by atoms with Crippen LogP contribution in [-0.2, 0) is 24.6 Å². The van der Waals surface area contributed by atoms with E-state index in [-0.39, 0.29) is 6.61 Å². The Labute approximate surface area is 172 Å². The van der Waals surface area contributed by atoms with Crippen LogP contribution in [0, 0.1) is 0 Å². The van der Waals surface area contributed by atoms with E-state index in [2.05, 4.69) is 0 Å². The number of methoxy groups -OCH3 is 3. The number of aliphatic hydroxyl groups excluding tert-OH is 1. The highest BCUT2D eigenvalue weighted by Gasteiger charge is 1.97. The highest BCUT2D eigenvalue weighted by molar-refractivity contribution is 5.28. The normalized spacial score (nSPS) is 9.93. The Kier molecular flexibility index (Phi) is 9.55. The number of rotatable bonds is 8. The van der Waals surface area contributed by atoms with Crippen LogP contribution in [0.2, 0.25) is 0 Å². The minimum atomic E-state index is 0.0873. The zero-order chi connectivity index (χ0) is 20.9. The van der Waals surface area contributed by atoms with Crippen molar-refractivity contribution in [3.63, 3.8) is 0 Å². The van der Waals surface area contributed by atoms with Gasteiger partial charge in [0.15, 0.2) is 0 Å². The van der Waals surface area contributed by atoms with Crippen LogP contribution in [0.15, 0.2) is 72.8 Å². The van der Waals surface area contributed by atoms with Crippen molar-refractivity contribution in [2.24, 2.45) is 0 Å². The van der Waals surface area contributed by atoms with Crippen molar-refractivity contribution >= 4 is 0 Å². The molecule has 0 heterocycles. The molecule has 0 unspecified atom stereocenters. The molecular weight excluding hydrogens is 368 g/mol. The molecule has 1 N–H and O–H groups in total. The van der Waals surface area contributed by atoms with Crippen LogP contribution in [0.4, 0.5) is 0 Å². The van der Waals surface area contributed by atoms with Crippen molar-refractivity contribution in [1.29, 1.82) is 0 Å². The quantitative estimate of drug-likeness (QED) is 0.603. The van der Waals surface area contributed by atoms with E-state index in [4.69, 9.17) is 24.1 Å². The van der Waals surface area contributed by atoms with Crippen LogP contribution in [-0.4, -0.2) is 26.4 Å². The summed E-state index contributed by atoms with van der Waals surface area (Å²) in [5.41, 5.74) is 3.17. The fourth-order valence-electron chi connectivity index (χ4n) is 2.46. The molecule has 0 atom stereocenters. The van der Waals surface area contributed by atoms with Crippen molar-refractivity contribution in [2.45, 2.75) is 19.8 Å². The number of aliphatic hydroxyl groups is 1. The molecule has 154 valence electrons. The SMILES string of the molecule is COc1ccc(CO)cc1.COc1ccc(COCc2ccc(OC)cc2)cc1. The molecule has 5 nitrogen and oxygen atoms in total. The smallest absolute Gasteiger partial charge is 0.118 e. The molecule has 0 spiro atoms. The minimum absolute atomic E-state index is 0.0873. The van der Waals surface area contributed by atoms with Crippen LogP contribution in [0.3, 0.4) is 0 Å². The van der Waals surface area contributed by atoms with Crippen LogP contribution in [0.5, 0.6) is 17.2 Å². The van der Waals surface area contributed by atoms with Crippen molar-refractivity contribution in [3.05, 3.63) is 89.5 Å². The number of hydrogen-bond acceptors (Lipinski definition) is 5. The van der Waals surface area contributed by atoms with E-state index in [0.29, 0.717) is 13.2 Å². The summed E-state index contributed by atoms with van der Waals surface area (Å²) in [5.74, 6) is 2.54. The van der Waals surface area contributed by atoms with E-state index in [1.54, 1.807) is 21.3 Å². The van der Waals surface area contributed by atoms with Gasteiger partial charge in [0.05, 0.1) is 41.2 Å². The molecule has 0 aromatic heterocycles. The van der Waals surface area contributed by atoms with Gasteiger partial charge in [-0.3, -0.25) is 0 Å². The molecule has 3 aromatic rings. The summed E-state index contributed by atoms with van der Waals surface area (Å²) in [4.78, 5) is 0. The van der Waals surface area contributed by atoms with Crippen molar-refractivity contribution in [2.75, 3.05) is 21.3 Å². The van der Waals surface area contributed by atoms with Gasteiger partial charge in [-0.05, 0) is 53.1 Å². The molecule has 3 aromatic carbocycles. The van der Waals surface area contributed by atoms with Crippen LogP contribution in [0.25, 0.3) is 0 Å². The Balaban J connectivity index is 0.000000253. The second-order valence-electron chi connectivity index (χ2n) is 6.20. The highest BCUT2D eigenvalue weighted by Crippen LogP contribution is 2.15. The van der Waals surface area contributed by atoms with E-state index < -0.39 is 0 Å². The molecule has 0 bridgehead atoms. The molecule has 0 radical (unpaired) electrons. The monoisotopic (exact) mass is 396 g/mol. The first kappa shape index (κ1) is 22.3.